The van der Waals surface area contributed by atoms with E-state index in [1.807, 2.05) is 0 Å². The van der Waals surface area contributed by atoms with Crippen molar-refractivity contribution in [1.29, 1.82) is 0 Å². The fraction of sp³-hybridized carbons (Fsp3) is 0.304. The fourth-order valence-corrected chi connectivity index (χ4v) is 2.96. The molecule has 3 amide bonds. The lowest BCUT2D eigenvalue weighted by molar-refractivity contribution is -0.136. The number of hydrogen-bond donors (Lipinski definition) is 3. The number of nitrogens with zero attached hydrogens (tertiary/aromatic N) is 1. The molecule has 1 fully saturated rings. The second-order valence-electron chi connectivity index (χ2n) is 7.18. The highest BCUT2D eigenvalue weighted by Crippen LogP contribution is 2.15. The van der Waals surface area contributed by atoms with E-state index in [1.165, 1.54) is 13.3 Å². The molecule has 1 aliphatic rings. The van der Waals surface area contributed by atoms with Gasteiger partial charge in [0.15, 0.2) is 6.61 Å². The molecule has 1 heterocycles. The number of carbonyl (C=O) groups excluding carboxylic acids is 3. The molecule has 0 unspecified atom stereocenters. The zero-order chi connectivity index (χ0) is 23.5. The Morgan fingerprint density at radius 3 is 2.45 bits per heavy atom. The minimum atomic E-state index is -0.906. The Labute approximate surface area is 191 Å². The molecule has 0 aromatic heterocycles. The van der Waals surface area contributed by atoms with Crippen LogP contribution in [0, 0.1) is 0 Å². The quantitative estimate of drug-likeness (QED) is 0.299. The van der Waals surface area contributed by atoms with E-state index in [0.717, 1.165) is 19.4 Å². The van der Waals surface area contributed by atoms with Gasteiger partial charge in [-0.2, -0.15) is 5.10 Å². The number of benzene rings is 2. The Bertz CT molecular complexity index is 969. The number of nitrogens with one attached hydrogen (secondary N) is 3. The molecule has 174 valence electrons. The van der Waals surface area contributed by atoms with E-state index in [2.05, 4.69) is 21.2 Å². The van der Waals surface area contributed by atoms with E-state index in [0.29, 0.717) is 29.3 Å². The van der Waals surface area contributed by atoms with Gasteiger partial charge in [0.1, 0.15) is 11.5 Å². The third-order valence-electron chi connectivity index (χ3n) is 4.73. The Hall–Kier alpha value is -3.92. The monoisotopic (exact) mass is 454 g/mol. The minimum absolute atomic E-state index is 0.0848. The van der Waals surface area contributed by atoms with Crippen LogP contribution in [0.2, 0.25) is 0 Å². The molecular formula is C23H26N4O6. The molecule has 2 aromatic rings. The molecule has 0 saturated carbocycles. The SMILES string of the molecule is COc1ccc(NC(=O)C(=O)N/N=C\c2ccc(OCC(=O)NC[C@@H]3CCCO3)cc2)cc1. The second kappa shape index (κ2) is 12.2. The molecule has 3 N–H and O–H groups in total. The highest BCUT2D eigenvalue weighted by atomic mass is 16.5. The summed E-state index contributed by atoms with van der Waals surface area (Å²) in [5, 5.41) is 9.02. The summed E-state index contributed by atoms with van der Waals surface area (Å²) in [5.41, 5.74) is 3.29. The topological polar surface area (TPSA) is 127 Å². The van der Waals surface area contributed by atoms with Crippen LogP contribution in [0.5, 0.6) is 11.5 Å². The molecule has 1 saturated heterocycles. The average Bonchev–Trinajstić information content (AvgIpc) is 3.36. The molecule has 0 spiro atoms. The van der Waals surface area contributed by atoms with Gasteiger partial charge >= 0.3 is 11.8 Å². The molecule has 1 aliphatic heterocycles. The number of carbonyl (C=O) groups is 3. The summed E-state index contributed by atoms with van der Waals surface area (Å²) in [4.78, 5) is 35.6. The van der Waals surface area contributed by atoms with Gasteiger partial charge in [-0.25, -0.2) is 5.43 Å². The lowest BCUT2D eigenvalue weighted by atomic mass is 10.2. The standard InChI is InChI=1S/C23H26N4O6/c1-31-18-10-6-17(7-11-18)26-22(29)23(30)27-25-13-16-4-8-19(9-5-16)33-15-21(28)24-14-20-3-2-12-32-20/h4-11,13,20H,2-3,12,14-15H2,1H3,(H,24,28)(H,26,29)(H,27,30)/b25-13-/t20-/m0/s1. The number of anilines is 1. The summed E-state index contributed by atoms with van der Waals surface area (Å²) in [6, 6.07) is 13.3. The van der Waals surface area contributed by atoms with E-state index < -0.39 is 11.8 Å². The molecule has 0 radical (unpaired) electrons. The minimum Gasteiger partial charge on any atom is -0.497 e. The number of ether oxygens (including phenoxy) is 3. The van der Waals surface area contributed by atoms with Crippen LogP contribution in [0.4, 0.5) is 5.69 Å². The highest BCUT2D eigenvalue weighted by molar-refractivity contribution is 6.39. The van der Waals surface area contributed by atoms with E-state index in [-0.39, 0.29) is 18.6 Å². The third-order valence-corrected chi connectivity index (χ3v) is 4.73. The zero-order valence-electron chi connectivity index (χ0n) is 18.2. The molecule has 10 heteroatoms. The van der Waals surface area contributed by atoms with Crippen LogP contribution in [-0.2, 0) is 19.1 Å². The lowest BCUT2D eigenvalue weighted by Crippen LogP contribution is -2.35. The van der Waals surface area contributed by atoms with E-state index in [4.69, 9.17) is 14.2 Å². The van der Waals surface area contributed by atoms with Gasteiger partial charge in [-0.05, 0) is 66.9 Å². The fourth-order valence-electron chi connectivity index (χ4n) is 2.96. The smallest absolute Gasteiger partial charge is 0.329 e. The van der Waals surface area contributed by atoms with Gasteiger partial charge in [-0.15, -0.1) is 0 Å². The Morgan fingerprint density at radius 2 is 1.79 bits per heavy atom. The third kappa shape index (κ3) is 7.93. The number of hydrogen-bond acceptors (Lipinski definition) is 7. The van der Waals surface area contributed by atoms with Crippen LogP contribution < -0.4 is 25.5 Å². The van der Waals surface area contributed by atoms with Crippen molar-refractivity contribution in [2.45, 2.75) is 18.9 Å². The van der Waals surface area contributed by atoms with Crippen LogP contribution in [0.1, 0.15) is 18.4 Å². The first-order chi connectivity index (χ1) is 16.0. The molecular weight excluding hydrogens is 428 g/mol. The van der Waals surface area contributed by atoms with Crippen LogP contribution in [0.3, 0.4) is 0 Å². The van der Waals surface area contributed by atoms with Crippen molar-refractivity contribution in [3.8, 4) is 11.5 Å². The van der Waals surface area contributed by atoms with Gasteiger partial charge in [-0.3, -0.25) is 14.4 Å². The van der Waals surface area contributed by atoms with Crippen molar-refractivity contribution in [3.05, 3.63) is 54.1 Å². The Morgan fingerprint density at radius 1 is 1.06 bits per heavy atom. The maximum absolute atomic E-state index is 11.9. The van der Waals surface area contributed by atoms with E-state index in [1.54, 1.807) is 48.5 Å². The van der Waals surface area contributed by atoms with E-state index >= 15 is 0 Å². The highest BCUT2D eigenvalue weighted by Gasteiger charge is 2.16. The number of hydrazone groups is 1. The summed E-state index contributed by atoms with van der Waals surface area (Å²) in [6.07, 6.45) is 3.45. The Balaban J connectivity index is 1.37. The van der Waals surface area contributed by atoms with Gasteiger partial charge < -0.3 is 24.8 Å². The maximum Gasteiger partial charge on any atom is 0.329 e. The lowest BCUT2D eigenvalue weighted by Gasteiger charge is -2.11. The summed E-state index contributed by atoms with van der Waals surface area (Å²) in [7, 11) is 1.53. The Kier molecular flexibility index (Phi) is 8.78. The molecule has 10 nitrogen and oxygen atoms in total. The van der Waals surface area contributed by atoms with Crippen LogP contribution in [0.15, 0.2) is 53.6 Å². The zero-order valence-corrected chi connectivity index (χ0v) is 18.2. The molecule has 1 atom stereocenters. The van der Waals surface area contributed by atoms with Crippen molar-refractivity contribution < 1.29 is 28.6 Å². The summed E-state index contributed by atoms with van der Waals surface area (Å²) in [5.74, 6) is -0.819. The number of rotatable bonds is 9. The average molecular weight is 454 g/mol. The predicted molar refractivity (Wildman–Crippen MR) is 121 cm³/mol. The van der Waals surface area contributed by atoms with Crippen LogP contribution >= 0.6 is 0 Å². The normalized spacial score (nSPS) is 15.1. The largest absolute Gasteiger partial charge is 0.497 e. The summed E-state index contributed by atoms with van der Waals surface area (Å²) in [6.45, 7) is 1.13. The van der Waals surface area contributed by atoms with Gasteiger partial charge in [-0.1, -0.05) is 0 Å². The van der Waals surface area contributed by atoms with Crippen molar-refractivity contribution in [2.75, 3.05) is 32.2 Å². The van der Waals surface area contributed by atoms with Crippen molar-refractivity contribution >= 4 is 29.6 Å². The number of amides is 3. The van der Waals surface area contributed by atoms with Gasteiger partial charge in [0.2, 0.25) is 0 Å². The number of methoxy groups -OCH3 is 1. The first-order valence-corrected chi connectivity index (χ1v) is 10.4. The van der Waals surface area contributed by atoms with E-state index in [9.17, 15) is 14.4 Å². The first-order valence-electron chi connectivity index (χ1n) is 10.4. The van der Waals surface area contributed by atoms with Crippen LogP contribution in [0.25, 0.3) is 0 Å². The summed E-state index contributed by atoms with van der Waals surface area (Å²) >= 11 is 0. The van der Waals surface area contributed by atoms with Crippen LogP contribution in [-0.4, -0.2) is 56.9 Å². The van der Waals surface area contributed by atoms with Gasteiger partial charge in [0, 0.05) is 18.8 Å². The van der Waals surface area contributed by atoms with Gasteiger partial charge in [0.05, 0.1) is 19.4 Å². The molecule has 33 heavy (non-hydrogen) atoms. The molecule has 0 aliphatic carbocycles. The first kappa shape index (κ1) is 23.7. The maximum atomic E-state index is 11.9. The molecule has 0 bridgehead atoms. The molecule has 3 rings (SSSR count). The molecule has 2 aromatic carbocycles. The predicted octanol–water partition coefficient (Wildman–Crippen LogP) is 1.46. The second-order valence-corrected chi connectivity index (χ2v) is 7.18. The van der Waals surface area contributed by atoms with Crippen molar-refractivity contribution in [3.63, 3.8) is 0 Å². The van der Waals surface area contributed by atoms with Crippen molar-refractivity contribution in [2.24, 2.45) is 5.10 Å². The van der Waals surface area contributed by atoms with Crippen molar-refractivity contribution in [1.82, 2.24) is 10.7 Å². The van der Waals surface area contributed by atoms with Gasteiger partial charge in [0.25, 0.3) is 5.91 Å². The summed E-state index contributed by atoms with van der Waals surface area (Å²) < 4.78 is 15.9.